The highest BCUT2D eigenvalue weighted by molar-refractivity contribution is 5.81. The third-order valence-corrected chi connectivity index (χ3v) is 2.03. The molecule has 1 aliphatic rings. The van der Waals surface area contributed by atoms with Crippen LogP contribution in [-0.2, 0) is 9.53 Å². The summed E-state index contributed by atoms with van der Waals surface area (Å²) in [4.78, 5) is 10.5. The van der Waals surface area contributed by atoms with Crippen molar-refractivity contribution in [1.29, 1.82) is 0 Å². The molecule has 0 aromatic heterocycles. The van der Waals surface area contributed by atoms with Crippen LogP contribution < -0.4 is 5.32 Å². The second kappa shape index (κ2) is 6.73. The van der Waals surface area contributed by atoms with Crippen molar-refractivity contribution in [3.05, 3.63) is 0 Å². The SMILES string of the molecule is CC.CC(CC1COC1)NC(=O)C(F)(F)F. The predicted octanol–water partition coefficient (Wildman–Crippen LogP) is 2.12. The largest absolute Gasteiger partial charge is 0.471 e. The summed E-state index contributed by atoms with van der Waals surface area (Å²) >= 11 is 0. The van der Waals surface area contributed by atoms with Crippen LogP contribution in [0.25, 0.3) is 0 Å². The molecule has 0 aliphatic carbocycles. The molecular formula is C10H18F3NO2. The smallest absolute Gasteiger partial charge is 0.381 e. The van der Waals surface area contributed by atoms with E-state index in [9.17, 15) is 18.0 Å². The normalized spacial score (nSPS) is 17.9. The Hall–Kier alpha value is -0.780. The molecule has 1 N–H and O–H groups in total. The van der Waals surface area contributed by atoms with Gasteiger partial charge in [0.1, 0.15) is 0 Å². The molecule has 1 amide bonds. The van der Waals surface area contributed by atoms with Crippen molar-refractivity contribution in [2.75, 3.05) is 13.2 Å². The molecule has 1 unspecified atom stereocenters. The molecule has 0 radical (unpaired) electrons. The molecule has 1 fully saturated rings. The van der Waals surface area contributed by atoms with Crippen LogP contribution in [0.4, 0.5) is 13.2 Å². The molecule has 0 saturated carbocycles. The molecule has 0 aromatic carbocycles. The van der Waals surface area contributed by atoms with Crippen molar-refractivity contribution < 1.29 is 22.7 Å². The molecule has 0 spiro atoms. The average molecular weight is 241 g/mol. The fraction of sp³-hybridized carbons (Fsp3) is 0.900. The summed E-state index contributed by atoms with van der Waals surface area (Å²) in [6, 6.07) is -0.460. The van der Waals surface area contributed by atoms with Crippen molar-refractivity contribution in [2.24, 2.45) is 5.92 Å². The molecule has 96 valence electrons. The van der Waals surface area contributed by atoms with E-state index < -0.39 is 18.1 Å². The number of halogens is 3. The summed E-state index contributed by atoms with van der Waals surface area (Å²) < 4.78 is 40.3. The van der Waals surface area contributed by atoms with Gasteiger partial charge in [0.15, 0.2) is 0 Å². The molecule has 6 heteroatoms. The second-order valence-electron chi connectivity index (χ2n) is 3.51. The van der Waals surface area contributed by atoms with E-state index in [2.05, 4.69) is 0 Å². The van der Waals surface area contributed by atoms with E-state index in [-0.39, 0.29) is 5.92 Å². The van der Waals surface area contributed by atoms with E-state index >= 15 is 0 Å². The third-order valence-electron chi connectivity index (χ3n) is 2.03. The van der Waals surface area contributed by atoms with Crippen molar-refractivity contribution in [1.82, 2.24) is 5.32 Å². The van der Waals surface area contributed by atoms with Crippen molar-refractivity contribution in [2.45, 2.75) is 39.4 Å². The van der Waals surface area contributed by atoms with Crippen molar-refractivity contribution in [3.8, 4) is 0 Å². The van der Waals surface area contributed by atoms with Gasteiger partial charge < -0.3 is 10.1 Å². The summed E-state index contributed by atoms with van der Waals surface area (Å²) in [6.07, 6.45) is -4.26. The Morgan fingerprint density at radius 3 is 2.25 bits per heavy atom. The highest BCUT2D eigenvalue weighted by Crippen LogP contribution is 2.18. The minimum Gasteiger partial charge on any atom is -0.381 e. The van der Waals surface area contributed by atoms with Crippen molar-refractivity contribution >= 4 is 5.91 Å². The van der Waals surface area contributed by atoms with Crippen LogP contribution in [0.2, 0.25) is 0 Å². The molecule has 0 bridgehead atoms. The minimum absolute atomic E-state index is 0.276. The molecular weight excluding hydrogens is 223 g/mol. The van der Waals surface area contributed by atoms with E-state index in [0.717, 1.165) is 0 Å². The Labute approximate surface area is 93.3 Å². The molecule has 3 nitrogen and oxygen atoms in total. The van der Waals surface area contributed by atoms with Crippen LogP contribution in [0.5, 0.6) is 0 Å². The highest BCUT2D eigenvalue weighted by Gasteiger charge is 2.39. The first-order valence-electron chi connectivity index (χ1n) is 5.35. The molecule has 1 aliphatic heterocycles. The van der Waals surface area contributed by atoms with E-state index in [4.69, 9.17) is 4.74 Å². The lowest BCUT2D eigenvalue weighted by molar-refractivity contribution is -0.174. The zero-order valence-electron chi connectivity index (χ0n) is 9.73. The summed E-state index contributed by atoms with van der Waals surface area (Å²) in [5.41, 5.74) is 0. The monoisotopic (exact) mass is 241 g/mol. The molecule has 1 rings (SSSR count). The van der Waals surface area contributed by atoms with Gasteiger partial charge in [-0.15, -0.1) is 0 Å². The standard InChI is InChI=1S/C8H12F3NO2.C2H6/c1-5(2-6-3-14-4-6)12-7(13)8(9,10)11;1-2/h5-6H,2-4H2,1H3,(H,12,13);1-2H3. The first-order chi connectivity index (χ1) is 7.39. The zero-order valence-corrected chi connectivity index (χ0v) is 9.73. The number of ether oxygens (including phenoxy) is 1. The lowest BCUT2D eigenvalue weighted by Gasteiger charge is -2.28. The predicted molar refractivity (Wildman–Crippen MR) is 53.9 cm³/mol. The molecule has 1 heterocycles. The summed E-state index contributed by atoms with van der Waals surface area (Å²) in [7, 11) is 0. The van der Waals surface area contributed by atoms with Gasteiger partial charge in [-0.25, -0.2) is 0 Å². The number of amides is 1. The van der Waals surface area contributed by atoms with Gasteiger partial charge >= 0.3 is 12.1 Å². The zero-order chi connectivity index (χ0) is 12.8. The van der Waals surface area contributed by atoms with Crippen LogP contribution in [0, 0.1) is 5.92 Å². The maximum absolute atomic E-state index is 11.8. The molecule has 16 heavy (non-hydrogen) atoms. The Kier molecular flexibility index (Phi) is 6.40. The average Bonchev–Trinajstić information content (AvgIpc) is 2.13. The summed E-state index contributed by atoms with van der Waals surface area (Å²) in [5, 5.41) is 1.90. The summed E-state index contributed by atoms with van der Waals surface area (Å²) in [5.74, 6) is -1.59. The van der Waals surface area contributed by atoms with Crippen LogP contribution in [0.3, 0.4) is 0 Å². The number of hydrogen-bond donors (Lipinski definition) is 1. The second-order valence-corrected chi connectivity index (χ2v) is 3.51. The van der Waals surface area contributed by atoms with Crippen molar-refractivity contribution in [3.63, 3.8) is 0 Å². The number of nitrogens with one attached hydrogen (secondary N) is 1. The first kappa shape index (κ1) is 15.2. The molecule has 1 atom stereocenters. The van der Waals surface area contributed by atoms with Crippen LogP contribution >= 0.6 is 0 Å². The third kappa shape index (κ3) is 5.34. The van der Waals surface area contributed by atoms with Crippen LogP contribution in [-0.4, -0.2) is 31.3 Å². The van der Waals surface area contributed by atoms with E-state index in [1.165, 1.54) is 0 Å². The fourth-order valence-corrected chi connectivity index (χ4v) is 1.29. The summed E-state index contributed by atoms with van der Waals surface area (Å²) in [6.45, 7) is 6.71. The topological polar surface area (TPSA) is 38.3 Å². The Balaban J connectivity index is 0.00000106. The first-order valence-corrected chi connectivity index (χ1v) is 5.35. The quantitative estimate of drug-likeness (QED) is 0.821. The number of carbonyl (C=O) groups is 1. The van der Waals surface area contributed by atoms with Gasteiger partial charge in [-0.1, -0.05) is 13.8 Å². The van der Waals surface area contributed by atoms with Gasteiger partial charge in [0.25, 0.3) is 0 Å². The fourth-order valence-electron chi connectivity index (χ4n) is 1.29. The number of alkyl halides is 3. The number of rotatable bonds is 3. The van der Waals surface area contributed by atoms with Crippen LogP contribution in [0.15, 0.2) is 0 Å². The lowest BCUT2D eigenvalue weighted by atomic mass is 9.99. The Morgan fingerprint density at radius 2 is 1.94 bits per heavy atom. The minimum atomic E-state index is -4.79. The van der Waals surface area contributed by atoms with Gasteiger partial charge in [-0.05, 0) is 13.3 Å². The van der Waals surface area contributed by atoms with Gasteiger partial charge in [-0.2, -0.15) is 13.2 Å². The maximum atomic E-state index is 11.8. The molecule has 1 saturated heterocycles. The number of carbonyl (C=O) groups excluding carboxylic acids is 1. The van der Waals surface area contributed by atoms with Gasteiger partial charge in [0, 0.05) is 12.0 Å². The maximum Gasteiger partial charge on any atom is 0.471 e. The Bertz CT molecular complexity index is 215. The van der Waals surface area contributed by atoms with Gasteiger partial charge in [-0.3, -0.25) is 4.79 Å². The highest BCUT2D eigenvalue weighted by atomic mass is 19.4. The van der Waals surface area contributed by atoms with Gasteiger partial charge in [0.05, 0.1) is 13.2 Å². The lowest BCUT2D eigenvalue weighted by Crippen LogP contribution is -2.44. The van der Waals surface area contributed by atoms with E-state index in [1.54, 1.807) is 6.92 Å². The van der Waals surface area contributed by atoms with Gasteiger partial charge in [0.2, 0.25) is 0 Å². The Morgan fingerprint density at radius 1 is 1.44 bits per heavy atom. The number of hydrogen-bond acceptors (Lipinski definition) is 2. The molecule has 0 aromatic rings. The van der Waals surface area contributed by atoms with E-state index in [0.29, 0.717) is 19.6 Å². The van der Waals surface area contributed by atoms with E-state index in [1.807, 2.05) is 19.2 Å². The van der Waals surface area contributed by atoms with Crippen LogP contribution in [0.1, 0.15) is 27.2 Å².